The Balaban J connectivity index is 1.64. The number of carbonyl (C=O) groups excluding carboxylic acids is 3. The van der Waals surface area contributed by atoms with Crippen LogP contribution in [0.5, 0.6) is 0 Å². The predicted molar refractivity (Wildman–Crippen MR) is 108 cm³/mol. The van der Waals surface area contributed by atoms with Crippen LogP contribution >= 0.6 is 22.7 Å². The number of likely N-dealkylation sites (N-methyl/N-ethyl adjacent to an activating group) is 1. The van der Waals surface area contributed by atoms with Crippen molar-refractivity contribution in [3.05, 3.63) is 38.4 Å². The van der Waals surface area contributed by atoms with E-state index < -0.39 is 0 Å². The molecule has 2 aliphatic heterocycles. The number of aliphatic hydroxyl groups is 1. The van der Waals surface area contributed by atoms with Gasteiger partial charge in [0.15, 0.2) is 0 Å². The standard InChI is InChI=1S/C19H21N3O4S2/c1-20-10-16(25)22(5-6-23)19-17(18(20)26)13-2-4-21(9-14(13)28-19)15(24)8-12-3-7-27-11-12/h3,7,11,23H,2,4-6,8-10H2,1H3. The quantitative estimate of drug-likeness (QED) is 0.811. The maximum atomic E-state index is 12.9. The summed E-state index contributed by atoms with van der Waals surface area (Å²) in [5, 5.41) is 13.9. The van der Waals surface area contributed by atoms with E-state index in [0.29, 0.717) is 36.5 Å². The maximum absolute atomic E-state index is 12.9. The van der Waals surface area contributed by atoms with Gasteiger partial charge in [-0.05, 0) is 34.4 Å². The van der Waals surface area contributed by atoms with Crippen LogP contribution in [-0.2, 0) is 29.0 Å². The largest absolute Gasteiger partial charge is 0.395 e. The van der Waals surface area contributed by atoms with Crippen molar-refractivity contribution in [1.82, 2.24) is 9.80 Å². The van der Waals surface area contributed by atoms with Crippen LogP contribution in [0.1, 0.15) is 26.4 Å². The van der Waals surface area contributed by atoms with E-state index in [1.54, 1.807) is 18.4 Å². The van der Waals surface area contributed by atoms with Gasteiger partial charge >= 0.3 is 0 Å². The van der Waals surface area contributed by atoms with Gasteiger partial charge < -0.3 is 14.9 Å². The Morgan fingerprint density at radius 1 is 1.29 bits per heavy atom. The second-order valence-corrected chi connectivity index (χ2v) is 8.85. The lowest BCUT2D eigenvalue weighted by Crippen LogP contribution is -2.39. The lowest BCUT2D eigenvalue weighted by molar-refractivity contribution is -0.131. The molecule has 0 spiro atoms. The monoisotopic (exact) mass is 419 g/mol. The predicted octanol–water partition coefficient (Wildman–Crippen LogP) is 1.35. The van der Waals surface area contributed by atoms with Gasteiger partial charge in [0.2, 0.25) is 11.8 Å². The SMILES string of the molecule is CN1CC(=O)N(CCO)c2sc3c(c2C1=O)CCN(C(=O)Cc1ccsc1)C3. The van der Waals surface area contributed by atoms with E-state index in [0.717, 1.165) is 16.0 Å². The van der Waals surface area contributed by atoms with Crippen LogP contribution < -0.4 is 4.90 Å². The molecule has 28 heavy (non-hydrogen) atoms. The highest BCUT2D eigenvalue weighted by atomic mass is 32.1. The van der Waals surface area contributed by atoms with Gasteiger partial charge in [0.25, 0.3) is 5.91 Å². The Labute approximate surface area is 170 Å². The van der Waals surface area contributed by atoms with Crippen molar-refractivity contribution < 1.29 is 19.5 Å². The number of nitrogens with zero attached hydrogens (tertiary/aromatic N) is 3. The first kappa shape index (κ1) is 19.1. The number of amides is 3. The van der Waals surface area contributed by atoms with Crippen LogP contribution in [-0.4, -0.2) is 65.9 Å². The summed E-state index contributed by atoms with van der Waals surface area (Å²) < 4.78 is 0. The van der Waals surface area contributed by atoms with Gasteiger partial charge in [-0.15, -0.1) is 11.3 Å². The molecule has 0 radical (unpaired) electrons. The maximum Gasteiger partial charge on any atom is 0.257 e. The minimum Gasteiger partial charge on any atom is -0.395 e. The van der Waals surface area contributed by atoms with Crippen molar-refractivity contribution in [1.29, 1.82) is 0 Å². The fourth-order valence-corrected chi connectivity index (χ4v) is 5.75. The molecule has 0 aromatic carbocycles. The number of fused-ring (bicyclic) bond motifs is 3. The Morgan fingerprint density at radius 2 is 2.11 bits per heavy atom. The first-order valence-corrected chi connectivity index (χ1v) is 10.9. The molecule has 2 aromatic heterocycles. The molecule has 0 saturated carbocycles. The summed E-state index contributed by atoms with van der Waals surface area (Å²) in [6.07, 6.45) is 0.970. The molecule has 0 unspecified atom stereocenters. The zero-order valence-corrected chi connectivity index (χ0v) is 17.1. The summed E-state index contributed by atoms with van der Waals surface area (Å²) in [7, 11) is 1.62. The summed E-state index contributed by atoms with van der Waals surface area (Å²) in [6.45, 7) is 1.00. The number of rotatable bonds is 4. The van der Waals surface area contributed by atoms with E-state index in [-0.39, 0.29) is 37.4 Å². The van der Waals surface area contributed by atoms with Crippen LogP contribution in [0, 0.1) is 0 Å². The number of hydrogen-bond donors (Lipinski definition) is 1. The average Bonchev–Trinajstić information content (AvgIpc) is 3.30. The molecule has 4 rings (SSSR count). The molecule has 0 atom stereocenters. The van der Waals surface area contributed by atoms with Crippen molar-refractivity contribution in [2.45, 2.75) is 19.4 Å². The Hall–Kier alpha value is -2.23. The van der Waals surface area contributed by atoms with Gasteiger partial charge in [-0.25, -0.2) is 0 Å². The van der Waals surface area contributed by atoms with Gasteiger partial charge in [0.1, 0.15) is 11.5 Å². The highest BCUT2D eigenvalue weighted by Crippen LogP contribution is 2.41. The van der Waals surface area contributed by atoms with Crippen LogP contribution in [0.25, 0.3) is 0 Å². The van der Waals surface area contributed by atoms with Crippen molar-refractivity contribution in [2.75, 3.05) is 38.2 Å². The normalized spacial score (nSPS) is 16.9. The Bertz CT molecular complexity index is 922. The molecule has 0 aliphatic carbocycles. The fraction of sp³-hybridized carbons (Fsp3) is 0.421. The van der Waals surface area contributed by atoms with Crippen LogP contribution in [0.4, 0.5) is 5.00 Å². The second kappa shape index (κ2) is 7.65. The third-order valence-electron chi connectivity index (χ3n) is 5.13. The number of hydrogen-bond acceptors (Lipinski definition) is 6. The molecule has 0 bridgehead atoms. The first-order chi connectivity index (χ1) is 13.5. The Kier molecular flexibility index (Phi) is 5.22. The summed E-state index contributed by atoms with van der Waals surface area (Å²) in [4.78, 5) is 43.8. The molecule has 2 aliphatic rings. The number of thiophene rings is 2. The molecule has 2 aromatic rings. The van der Waals surface area contributed by atoms with E-state index in [1.165, 1.54) is 21.1 Å². The van der Waals surface area contributed by atoms with Gasteiger partial charge in [-0.3, -0.25) is 19.3 Å². The minimum absolute atomic E-state index is 0.000257. The fourth-order valence-electron chi connectivity index (χ4n) is 3.68. The van der Waals surface area contributed by atoms with Crippen molar-refractivity contribution >= 4 is 45.4 Å². The van der Waals surface area contributed by atoms with E-state index >= 15 is 0 Å². The highest BCUT2D eigenvalue weighted by molar-refractivity contribution is 7.17. The summed E-state index contributed by atoms with van der Waals surface area (Å²) in [6, 6.07) is 1.96. The number of β-amino-alcohol motifs (C(OH)–C–C–N with tert-alkyl or cyclic N) is 1. The summed E-state index contributed by atoms with van der Waals surface area (Å²) in [5.74, 6) is -0.300. The molecule has 7 nitrogen and oxygen atoms in total. The van der Waals surface area contributed by atoms with E-state index in [2.05, 4.69) is 0 Å². The molecular formula is C19H21N3O4S2. The number of anilines is 1. The van der Waals surface area contributed by atoms with E-state index in [4.69, 9.17) is 0 Å². The van der Waals surface area contributed by atoms with E-state index in [9.17, 15) is 19.5 Å². The molecular weight excluding hydrogens is 398 g/mol. The second-order valence-electron chi connectivity index (χ2n) is 6.99. The molecule has 148 valence electrons. The highest BCUT2D eigenvalue weighted by Gasteiger charge is 2.37. The molecule has 0 saturated heterocycles. The number of carbonyl (C=O) groups is 3. The molecule has 3 amide bonds. The summed E-state index contributed by atoms with van der Waals surface area (Å²) >= 11 is 2.97. The molecule has 4 heterocycles. The number of aliphatic hydroxyl groups excluding tert-OH is 1. The molecule has 1 N–H and O–H groups in total. The van der Waals surface area contributed by atoms with Crippen LogP contribution in [0.15, 0.2) is 16.8 Å². The Morgan fingerprint density at radius 3 is 2.82 bits per heavy atom. The molecule has 9 heteroatoms. The van der Waals surface area contributed by atoms with Gasteiger partial charge in [-0.2, -0.15) is 11.3 Å². The van der Waals surface area contributed by atoms with E-state index in [1.807, 2.05) is 21.7 Å². The summed E-state index contributed by atoms with van der Waals surface area (Å²) in [5.41, 5.74) is 2.51. The lowest BCUT2D eigenvalue weighted by Gasteiger charge is -2.27. The average molecular weight is 420 g/mol. The lowest BCUT2D eigenvalue weighted by atomic mass is 10.0. The zero-order chi connectivity index (χ0) is 19.8. The van der Waals surface area contributed by atoms with Crippen molar-refractivity contribution in [3.63, 3.8) is 0 Å². The first-order valence-electron chi connectivity index (χ1n) is 9.09. The van der Waals surface area contributed by atoms with Gasteiger partial charge in [0, 0.05) is 25.0 Å². The molecule has 0 fully saturated rings. The minimum atomic E-state index is -0.201. The topological polar surface area (TPSA) is 81.2 Å². The van der Waals surface area contributed by atoms with Crippen molar-refractivity contribution in [3.8, 4) is 0 Å². The van der Waals surface area contributed by atoms with Gasteiger partial charge in [-0.1, -0.05) is 0 Å². The van der Waals surface area contributed by atoms with Crippen molar-refractivity contribution in [2.24, 2.45) is 0 Å². The van der Waals surface area contributed by atoms with Crippen LogP contribution in [0.3, 0.4) is 0 Å². The van der Waals surface area contributed by atoms with Crippen LogP contribution in [0.2, 0.25) is 0 Å². The zero-order valence-electron chi connectivity index (χ0n) is 15.5. The smallest absolute Gasteiger partial charge is 0.257 e. The third-order valence-corrected chi connectivity index (χ3v) is 7.10. The van der Waals surface area contributed by atoms with Gasteiger partial charge in [0.05, 0.1) is 25.1 Å². The third kappa shape index (κ3) is 3.34.